The fraction of sp³-hybridized carbons (Fsp3) is 0.583. The fourth-order valence-corrected chi connectivity index (χ4v) is 3.15. The summed E-state index contributed by atoms with van der Waals surface area (Å²) in [5, 5.41) is 1.58. The van der Waals surface area contributed by atoms with Gasteiger partial charge in [-0.2, -0.15) is 8.78 Å². The zero-order valence-corrected chi connectivity index (χ0v) is 12.6. The van der Waals surface area contributed by atoms with Crippen LogP contribution in [0.15, 0.2) is 11.4 Å². The minimum absolute atomic E-state index is 0. The maximum Gasteiger partial charge on any atom is 0.387 e. The third-order valence-electron chi connectivity index (χ3n) is 3.29. The molecule has 0 spiro atoms. The van der Waals surface area contributed by atoms with Crippen LogP contribution in [0.1, 0.15) is 23.0 Å². The van der Waals surface area contributed by atoms with Gasteiger partial charge < -0.3 is 15.4 Å². The summed E-state index contributed by atoms with van der Waals surface area (Å²) < 4.78 is 28.9. The molecule has 0 radical (unpaired) electrons. The van der Waals surface area contributed by atoms with E-state index in [0.29, 0.717) is 13.1 Å². The number of alkyl halides is 2. The molecule has 0 aromatic carbocycles. The van der Waals surface area contributed by atoms with Crippen molar-refractivity contribution in [3.8, 4) is 5.75 Å². The quantitative estimate of drug-likeness (QED) is 0.925. The molecule has 2 atom stereocenters. The SMILES string of the molecule is CC1CC(CN)CN1C(=O)c1sccc1OC(F)F.Cl. The van der Waals surface area contributed by atoms with Crippen LogP contribution in [0.2, 0.25) is 0 Å². The summed E-state index contributed by atoms with van der Waals surface area (Å²) in [5.74, 6) is -0.0270. The van der Waals surface area contributed by atoms with E-state index in [1.54, 1.807) is 10.3 Å². The number of likely N-dealkylation sites (tertiary alicyclic amines) is 1. The predicted molar refractivity (Wildman–Crippen MR) is 75.9 cm³/mol. The molecule has 1 aromatic rings. The van der Waals surface area contributed by atoms with E-state index in [1.807, 2.05) is 6.92 Å². The molecule has 0 bridgehead atoms. The maximum atomic E-state index is 12.4. The number of nitrogens with zero attached hydrogens (tertiary/aromatic N) is 1. The number of hydrogen-bond donors (Lipinski definition) is 1. The molecule has 1 aliphatic heterocycles. The number of halogens is 3. The average molecular weight is 327 g/mol. The lowest BCUT2D eigenvalue weighted by Gasteiger charge is -2.21. The minimum atomic E-state index is -2.92. The lowest BCUT2D eigenvalue weighted by atomic mass is 10.1. The molecule has 1 saturated heterocycles. The third kappa shape index (κ3) is 3.59. The average Bonchev–Trinajstić information content (AvgIpc) is 2.94. The number of carbonyl (C=O) groups is 1. The number of carbonyl (C=O) groups excluding carboxylic acids is 1. The van der Waals surface area contributed by atoms with Crippen molar-refractivity contribution in [2.24, 2.45) is 11.7 Å². The molecule has 1 aliphatic rings. The molecule has 4 nitrogen and oxygen atoms in total. The van der Waals surface area contributed by atoms with Gasteiger partial charge in [-0.3, -0.25) is 4.79 Å². The van der Waals surface area contributed by atoms with Gasteiger partial charge in [0.25, 0.3) is 5.91 Å². The number of hydrogen-bond acceptors (Lipinski definition) is 4. The normalized spacial score (nSPS) is 21.9. The molecule has 1 amide bonds. The van der Waals surface area contributed by atoms with Crippen LogP contribution in [0.5, 0.6) is 5.75 Å². The highest BCUT2D eigenvalue weighted by atomic mass is 35.5. The topological polar surface area (TPSA) is 55.6 Å². The molecule has 20 heavy (non-hydrogen) atoms. The van der Waals surface area contributed by atoms with Crippen LogP contribution >= 0.6 is 23.7 Å². The van der Waals surface area contributed by atoms with Crippen molar-refractivity contribution in [2.45, 2.75) is 26.0 Å². The summed E-state index contributed by atoms with van der Waals surface area (Å²) in [5.41, 5.74) is 5.61. The molecule has 1 fully saturated rings. The molecule has 2 heterocycles. The summed E-state index contributed by atoms with van der Waals surface area (Å²) in [7, 11) is 0. The standard InChI is InChI=1S/C12H16F2N2O2S.ClH/c1-7-4-8(5-15)6-16(7)11(17)10-9(2-3-19-10)18-12(13)14;/h2-3,7-8,12H,4-6,15H2,1H3;1H. The maximum absolute atomic E-state index is 12.4. The summed E-state index contributed by atoms with van der Waals surface area (Å²) >= 11 is 1.12. The van der Waals surface area contributed by atoms with Crippen LogP contribution < -0.4 is 10.5 Å². The third-order valence-corrected chi connectivity index (χ3v) is 4.18. The lowest BCUT2D eigenvalue weighted by Crippen LogP contribution is -2.34. The van der Waals surface area contributed by atoms with Crippen LogP contribution in [-0.4, -0.2) is 36.5 Å². The zero-order valence-electron chi connectivity index (χ0n) is 10.9. The first-order chi connectivity index (χ1) is 9.02. The monoisotopic (exact) mass is 326 g/mol. The van der Waals surface area contributed by atoms with Crippen LogP contribution in [0.3, 0.4) is 0 Å². The number of nitrogens with two attached hydrogens (primary N) is 1. The Morgan fingerprint density at radius 2 is 2.35 bits per heavy atom. The highest BCUT2D eigenvalue weighted by Crippen LogP contribution is 2.31. The minimum Gasteiger partial charge on any atom is -0.433 e. The summed E-state index contributed by atoms with van der Waals surface area (Å²) in [6.07, 6.45) is 0.846. The molecule has 0 saturated carbocycles. The van der Waals surface area contributed by atoms with E-state index >= 15 is 0 Å². The Balaban J connectivity index is 0.00000200. The van der Waals surface area contributed by atoms with Gasteiger partial charge in [-0.15, -0.1) is 23.7 Å². The first-order valence-corrected chi connectivity index (χ1v) is 6.94. The van der Waals surface area contributed by atoms with E-state index in [4.69, 9.17) is 5.73 Å². The Morgan fingerprint density at radius 1 is 1.65 bits per heavy atom. The van der Waals surface area contributed by atoms with E-state index in [0.717, 1.165) is 17.8 Å². The summed E-state index contributed by atoms with van der Waals surface area (Å²) in [6, 6.07) is 1.47. The van der Waals surface area contributed by atoms with Crippen molar-refractivity contribution >= 4 is 29.7 Å². The fourth-order valence-electron chi connectivity index (χ4n) is 2.37. The second-order valence-corrected chi connectivity index (χ2v) is 5.55. The first-order valence-electron chi connectivity index (χ1n) is 6.06. The van der Waals surface area contributed by atoms with Crippen LogP contribution in [0.25, 0.3) is 0 Å². The van der Waals surface area contributed by atoms with Crippen molar-refractivity contribution < 1.29 is 18.3 Å². The highest BCUT2D eigenvalue weighted by Gasteiger charge is 2.34. The molecule has 0 aliphatic carbocycles. The van der Waals surface area contributed by atoms with Gasteiger partial charge in [-0.05, 0) is 37.3 Å². The molecule has 8 heteroatoms. The number of ether oxygens (including phenoxy) is 1. The van der Waals surface area contributed by atoms with Crippen molar-refractivity contribution in [3.63, 3.8) is 0 Å². The number of rotatable bonds is 4. The predicted octanol–water partition coefficient (Wildman–Crippen LogP) is 2.58. The van der Waals surface area contributed by atoms with Gasteiger partial charge in [0, 0.05) is 12.6 Å². The Morgan fingerprint density at radius 3 is 2.90 bits per heavy atom. The molecule has 1 aromatic heterocycles. The summed E-state index contributed by atoms with van der Waals surface area (Å²) in [6.45, 7) is 0.116. The first kappa shape index (κ1) is 17.1. The van der Waals surface area contributed by atoms with Gasteiger partial charge in [-0.1, -0.05) is 0 Å². The van der Waals surface area contributed by atoms with Crippen LogP contribution in [-0.2, 0) is 0 Å². The largest absolute Gasteiger partial charge is 0.433 e. The van der Waals surface area contributed by atoms with Crippen LogP contribution in [0.4, 0.5) is 8.78 Å². The van der Waals surface area contributed by atoms with Crippen molar-refractivity contribution in [1.82, 2.24) is 4.90 Å². The number of thiophene rings is 1. The smallest absolute Gasteiger partial charge is 0.387 e. The highest BCUT2D eigenvalue weighted by molar-refractivity contribution is 7.12. The van der Waals surface area contributed by atoms with Gasteiger partial charge >= 0.3 is 6.61 Å². The van der Waals surface area contributed by atoms with E-state index in [1.165, 1.54) is 6.07 Å². The second kappa shape index (κ2) is 7.19. The zero-order chi connectivity index (χ0) is 14.0. The van der Waals surface area contributed by atoms with Gasteiger partial charge in [-0.25, -0.2) is 0 Å². The molecule has 2 N–H and O–H groups in total. The lowest BCUT2D eigenvalue weighted by molar-refractivity contribution is -0.0499. The Bertz CT molecular complexity index is 458. The molecular weight excluding hydrogens is 310 g/mol. The van der Waals surface area contributed by atoms with Crippen molar-refractivity contribution in [1.29, 1.82) is 0 Å². The van der Waals surface area contributed by atoms with Gasteiger partial charge in [0.1, 0.15) is 10.6 Å². The Labute approximate surface area is 126 Å². The van der Waals surface area contributed by atoms with Crippen LogP contribution in [0, 0.1) is 5.92 Å². The number of amides is 1. The van der Waals surface area contributed by atoms with Crippen molar-refractivity contribution in [3.05, 3.63) is 16.3 Å². The molecule has 2 unspecified atom stereocenters. The van der Waals surface area contributed by atoms with Gasteiger partial charge in [0.05, 0.1) is 0 Å². The molecule has 2 rings (SSSR count). The van der Waals surface area contributed by atoms with E-state index < -0.39 is 6.61 Å². The Hall–Kier alpha value is -0.920. The molecular formula is C12H17ClF2N2O2S. The van der Waals surface area contributed by atoms with E-state index in [2.05, 4.69) is 4.74 Å². The second-order valence-electron chi connectivity index (χ2n) is 4.64. The van der Waals surface area contributed by atoms with Crippen molar-refractivity contribution in [2.75, 3.05) is 13.1 Å². The van der Waals surface area contributed by atoms with Gasteiger partial charge in [0.2, 0.25) is 0 Å². The summed E-state index contributed by atoms with van der Waals surface area (Å²) in [4.78, 5) is 14.3. The Kier molecular flexibility index (Phi) is 6.16. The van der Waals surface area contributed by atoms with E-state index in [-0.39, 0.29) is 40.9 Å². The van der Waals surface area contributed by atoms with Gasteiger partial charge in [0.15, 0.2) is 0 Å². The molecule has 114 valence electrons. The van der Waals surface area contributed by atoms with E-state index in [9.17, 15) is 13.6 Å².